The van der Waals surface area contributed by atoms with Gasteiger partial charge in [0.25, 0.3) is 11.8 Å². The molecule has 1 aromatic heterocycles. The van der Waals surface area contributed by atoms with E-state index in [1.54, 1.807) is 26.1 Å². The molecule has 0 N–H and O–H groups in total. The van der Waals surface area contributed by atoms with Gasteiger partial charge in [-0.05, 0) is 93.6 Å². The molecule has 1 fully saturated rings. The summed E-state index contributed by atoms with van der Waals surface area (Å²) in [4.78, 5) is 35.5. The van der Waals surface area contributed by atoms with Gasteiger partial charge in [0.1, 0.15) is 11.6 Å². The maximum absolute atomic E-state index is 14.1. The predicted molar refractivity (Wildman–Crippen MR) is 154 cm³/mol. The predicted octanol–water partition coefficient (Wildman–Crippen LogP) is 6.03. The van der Waals surface area contributed by atoms with Crippen LogP contribution in [-0.4, -0.2) is 58.9 Å². The number of hydrogen-bond acceptors (Lipinski definition) is 4. The Bertz CT molecular complexity index is 1530. The first-order chi connectivity index (χ1) is 18.7. The van der Waals surface area contributed by atoms with Crippen LogP contribution in [0.25, 0.3) is 16.7 Å². The second-order valence-corrected chi connectivity index (χ2v) is 10.7. The van der Waals surface area contributed by atoms with Crippen molar-refractivity contribution in [3.8, 4) is 11.4 Å². The van der Waals surface area contributed by atoms with E-state index in [4.69, 9.17) is 9.72 Å². The largest absolute Gasteiger partial charge is 0.497 e. The molecule has 2 heterocycles. The van der Waals surface area contributed by atoms with Crippen LogP contribution >= 0.6 is 0 Å². The third kappa shape index (κ3) is 4.89. The molecular formula is C32H36N4O3. The van der Waals surface area contributed by atoms with Gasteiger partial charge in [-0.3, -0.25) is 14.2 Å². The lowest BCUT2D eigenvalue weighted by molar-refractivity contribution is 0.0597. The third-order valence-corrected chi connectivity index (χ3v) is 7.62. The number of benzene rings is 3. The van der Waals surface area contributed by atoms with Gasteiger partial charge in [-0.2, -0.15) is 0 Å². The van der Waals surface area contributed by atoms with Crippen LogP contribution in [0.4, 0.5) is 0 Å². The number of hydrogen-bond donors (Lipinski definition) is 0. The first-order valence-corrected chi connectivity index (χ1v) is 13.5. The van der Waals surface area contributed by atoms with Crippen LogP contribution in [-0.2, 0) is 0 Å². The van der Waals surface area contributed by atoms with E-state index in [9.17, 15) is 9.59 Å². The highest BCUT2D eigenvalue weighted by molar-refractivity contribution is 5.98. The topological polar surface area (TPSA) is 67.7 Å². The summed E-state index contributed by atoms with van der Waals surface area (Å²) in [5.74, 6) is 1.55. The quantitative estimate of drug-likeness (QED) is 0.320. The van der Waals surface area contributed by atoms with E-state index in [-0.39, 0.29) is 17.9 Å². The van der Waals surface area contributed by atoms with Gasteiger partial charge in [-0.15, -0.1) is 0 Å². The van der Waals surface area contributed by atoms with Gasteiger partial charge >= 0.3 is 0 Å². The highest BCUT2D eigenvalue weighted by Crippen LogP contribution is 2.36. The SMILES string of the molecule is COc1ccc(-n2c(C3CCCCN3C(=O)c3c(C)cc(C)cc3C)nc3cc(C(=O)N(C)C)ccc32)cc1. The fraction of sp³-hybridized carbons (Fsp3) is 0.344. The Hall–Kier alpha value is -4.13. The zero-order valence-corrected chi connectivity index (χ0v) is 23.6. The Morgan fingerprint density at radius 3 is 2.28 bits per heavy atom. The van der Waals surface area contributed by atoms with Crippen LogP contribution in [0.3, 0.4) is 0 Å². The first-order valence-electron chi connectivity index (χ1n) is 13.5. The normalized spacial score (nSPS) is 15.4. The second kappa shape index (κ2) is 10.6. The molecule has 2 amide bonds. The van der Waals surface area contributed by atoms with Gasteiger partial charge in [0, 0.05) is 37.5 Å². The summed E-state index contributed by atoms with van der Waals surface area (Å²) in [5.41, 5.74) is 7.07. The van der Waals surface area contributed by atoms with Gasteiger partial charge < -0.3 is 14.5 Å². The summed E-state index contributed by atoms with van der Waals surface area (Å²) in [6.45, 7) is 6.76. The summed E-state index contributed by atoms with van der Waals surface area (Å²) < 4.78 is 7.52. The summed E-state index contributed by atoms with van der Waals surface area (Å²) in [7, 11) is 5.14. The van der Waals surface area contributed by atoms with Crippen molar-refractivity contribution in [3.05, 3.63) is 88.2 Å². The van der Waals surface area contributed by atoms with Crippen molar-refractivity contribution in [3.63, 3.8) is 0 Å². The summed E-state index contributed by atoms with van der Waals surface area (Å²) >= 11 is 0. The Kier molecular flexibility index (Phi) is 7.17. The zero-order valence-electron chi connectivity index (χ0n) is 23.6. The van der Waals surface area contributed by atoms with E-state index in [0.29, 0.717) is 12.1 Å². The highest BCUT2D eigenvalue weighted by Gasteiger charge is 2.34. The monoisotopic (exact) mass is 524 g/mol. The number of ether oxygens (including phenoxy) is 1. The highest BCUT2D eigenvalue weighted by atomic mass is 16.5. The number of amides is 2. The molecule has 7 nitrogen and oxygen atoms in total. The molecule has 4 aromatic rings. The zero-order chi connectivity index (χ0) is 27.8. The summed E-state index contributed by atoms with van der Waals surface area (Å²) in [6.07, 6.45) is 2.78. The van der Waals surface area contributed by atoms with Crippen molar-refractivity contribution in [2.45, 2.75) is 46.1 Å². The lowest BCUT2D eigenvalue weighted by Crippen LogP contribution is -2.40. The molecule has 0 saturated carbocycles. The van der Waals surface area contributed by atoms with E-state index in [0.717, 1.165) is 69.8 Å². The molecule has 1 unspecified atom stereocenters. The molecule has 1 saturated heterocycles. The van der Waals surface area contributed by atoms with Crippen LogP contribution in [0.15, 0.2) is 54.6 Å². The van der Waals surface area contributed by atoms with E-state index >= 15 is 0 Å². The fourth-order valence-electron chi connectivity index (χ4n) is 5.82. The molecule has 0 spiro atoms. The number of carbonyl (C=O) groups is 2. The molecule has 1 aliphatic heterocycles. The van der Waals surface area contributed by atoms with E-state index in [1.807, 2.05) is 61.2 Å². The number of methoxy groups -OCH3 is 1. The second-order valence-electron chi connectivity index (χ2n) is 10.7. The number of imidazole rings is 1. The summed E-state index contributed by atoms with van der Waals surface area (Å²) in [6, 6.07) is 17.5. The number of aryl methyl sites for hydroxylation is 3. The van der Waals surface area contributed by atoms with Crippen molar-refractivity contribution in [2.24, 2.45) is 0 Å². The van der Waals surface area contributed by atoms with Gasteiger partial charge in [0.2, 0.25) is 0 Å². The minimum absolute atomic E-state index is 0.0477. The molecule has 0 aliphatic carbocycles. The maximum atomic E-state index is 14.1. The lowest BCUT2D eigenvalue weighted by Gasteiger charge is -2.36. The average Bonchev–Trinajstić information content (AvgIpc) is 3.30. The Labute approximate surface area is 230 Å². The van der Waals surface area contributed by atoms with E-state index in [1.165, 1.54) is 0 Å². The first kappa shape index (κ1) is 26.5. The van der Waals surface area contributed by atoms with Crippen molar-refractivity contribution >= 4 is 22.8 Å². The van der Waals surface area contributed by atoms with Crippen LogP contribution in [0.5, 0.6) is 5.75 Å². The van der Waals surface area contributed by atoms with Crippen molar-refractivity contribution < 1.29 is 14.3 Å². The smallest absolute Gasteiger partial charge is 0.255 e. The Morgan fingerprint density at radius 2 is 1.64 bits per heavy atom. The number of carbonyl (C=O) groups excluding carboxylic acids is 2. The third-order valence-electron chi connectivity index (χ3n) is 7.62. The molecular weight excluding hydrogens is 488 g/mol. The maximum Gasteiger partial charge on any atom is 0.255 e. The van der Waals surface area contributed by atoms with E-state index < -0.39 is 0 Å². The average molecular weight is 525 g/mol. The van der Waals surface area contributed by atoms with Crippen molar-refractivity contribution in [1.82, 2.24) is 19.4 Å². The molecule has 1 aliphatic rings. The Morgan fingerprint density at radius 1 is 0.949 bits per heavy atom. The van der Waals surface area contributed by atoms with Gasteiger partial charge in [-0.25, -0.2) is 4.98 Å². The number of likely N-dealkylation sites (tertiary alicyclic amines) is 1. The van der Waals surface area contributed by atoms with Crippen molar-refractivity contribution in [1.29, 1.82) is 0 Å². The number of nitrogens with zero attached hydrogens (tertiary/aromatic N) is 4. The number of fused-ring (bicyclic) bond motifs is 1. The standard InChI is InChI=1S/C32H36N4O3/c1-20-17-21(2)29(22(3)18-20)32(38)35-16-8-7-9-28(35)30-33-26-19-23(31(37)34(4)5)10-15-27(26)36(30)24-11-13-25(39-6)14-12-24/h10-15,17-19,28H,7-9,16H2,1-6H3. The summed E-state index contributed by atoms with van der Waals surface area (Å²) in [5, 5.41) is 0. The van der Waals surface area contributed by atoms with Crippen LogP contribution in [0.2, 0.25) is 0 Å². The lowest BCUT2D eigenvalue weighted by atomic mass is 9.95. The van der Waals surface area contributed by atoms with Gasteiger partial charge in [0.05, 0.1) is 24.2 Å². The van der Waals surface area contributed by atoms with Crippen LogP contribution in [0, 0.1) is 20.8 Å². The number of aromatic nitrogens is 2. The molecule has 0 radical (unpaired) electrons. The number of piperidine rings is 1. The minimum Gasteiger partial charge on any atom is -0.497 e. The molecule has 1 atom stereocenters. The minimum atomic E-state index is -0.200. The molecule has 202 valence electrons. The molecule has 0 bridgehead atoms. The fourth-order valence-corrected chi connectivity index (χ4v) is 5.82. The molecule has 7 heteroatoms. The molecule has 3 aromatic carbocycles. The van der Waals surface area contributed by atoms with Crippen LogP contribution in [0.1, 0.15) is 68.5 Å². The van der Waals surface area contributed by atoms with Crippen molar-refractivity contribution in [2.75, 3.05) is 27.7 Å². The van der Waals surface area contributed by atoms with E-state index in [2.05, 4.69) is 23.6 Å². The molecule has 5 rings (SSSR count). The number of rotatable bonds is 5. The molecule has 39 heavy (non-hydrogen) atoms. The van der Waals surface area contributed by atoms with Gasteiger partial charge in [0.15, 0.2) is 0 Å². The van der Waals surface area contributed by atoms with Crippen LogP contribution < -0.4 is 4.74 Å². The Balaban J connectivity index is 1.67. The van der Waals surface area contributed by atoms with Gasteiger partial charge in [-0.1, -0.05) is 17.7 Å².